The Bertz CT molecular complexity index is 3040. The van der Waals surface area contributed by atoms with Gasteiger partial charge in [0.15, 0.2) is 0 Å². The smallest absolute Gasteiger partial charge is 0.251 e. The largest absolute Gasteiger partial charge is 0.370 e. The van der Waals surface area contributed by atoms with Gasteiger partial charge in [0.25, 0.3) is 11.8 Å². The molecule has 0 fully saturated rings. The number of carbonyl (C=O) groups excluding carboxylic acids is 2. The van der Waals surface area contributed by atoms with E-state index in [-0.39, 0.29) is 17.6 Å². The van der Waals surface area contributed by atoms with Gasteiger partial charge >= 0.3 is 0 Å². The number of nitrogens with one attached hydrogen (secondary N) is 2. The summed E-state index contributed by atoms with van der Waals surface area (Å²) in [6.07, 6.45) is 10.3. The lowest BCUT2D eigenvalue weighted by atomic mass is 10.0. The number of likely N-dealkylation sites (N-methyl/N-ethyl adjacent to an activating group) is 1. The minimum Gasteiger partial charge on any atom is -0.370 e. The molecule has 7 nitrogen and oxygen atoms in total. The van der Waals surface area contributed by atoms with Crippen LogP contribution in [0.3, 0.4) is 0 Å². The molecule has 1 aliphatic rings. The molecule has 1 heterocycles. The zero-order chi connectivity index (χ0) is 53.2. The molecular formula is C62H62BrF2N5O2S2. The summed E-state index contributed by atoms with van der Waals surface area (Å²) in [5.41, 5.74) is 7.94. The molecule has 0 saturated heterocycles. The fourth-order valence-electron chi connectivity index (χ4n) is 7.57. The number of hydrogen-bond donors (Lipinski definition) is 2. The Morgan fingerprint density at radius 1 is 0.824 bits per heavy atom. The van der Waals surface area contributed by atoms with Gasteiger partial charge in [-0.2, -0.15) is 0 Å². The van der Waals surface area contributed by atoms with E-state index in [9.17, 15) is 18.4 Å². The molecule has 12 heteroatoms. The molecule has 0 atom stereocenters. The Labute approximate surface area is 452 Å². The summed E-state index contributed by atoms with van der Waals surface area (Å²) in [6, 6.07) is 45.8. The van der Waals surface area contributed by atoms with Crippen LogP contribution in [0.5, 0.6) is 0 Å². The number of thioether (sulfide) groups is 1. The highest BCUT2D eigenvalue weighted by atomic mass is 79.9. The summed E-state index contributed by atoms with van der Waals surface area (Å²) in [7, 11) is 0. The van der Waals surface area contributed by atoms with E-state index in [0.29, 0.717) is 70.3 Å². The summed E-state index contributed by atoms with van der Waals surface area (Å²) in [4.78, 5) is 40.5. The van der Waals surface area contributed by atoms with E-state index in [0.717, 1.165) is 54.5 Å². The molecule has 7 rings (SSSR count). The molecule has 380 valence electrons. The van der Waals surface area contributed by atoms with Gasteiger partial charge in [-0.15, -0.1) is 13.2 Å². The first-order chi connectivity index (χ1) is 36.1. The van der Waals surface area contributed by atoms with Crippen LogP contribution in [-0.4, -0.2) is 57.1 Å². The summed E-state index contributed by atoms with van der Waals surface area (Å²) >= 11 is 6.54. The van der Waals surface area contributed by atoms with Crippen LogP contribution in [0.15, 0.2) is 247 Å². The zero-order valence-corrected chi connectivity index (χ0v) is 45.3. The molecule has 74 heavy (non-hydrogen) atoms. The van der Waals surface area contributed by atoms with Crippen molar-refractivity contribution in [1.29, 1.82) is 0 Å². The van der Waals surface area contributed by atoms with Gasteiger partial charge in [0, 0.05) is 78.2 Å². The summed E-state index contributed by atoms with van der Waals surface area (Å²) in [5.74, 6) is -0.697. The Morgan fingerprint density at radius 2 is 1.50 bits per heavy atom. The van der Waals surface area contributed by atoms with Crippen LogP contribution in [0, 0.1) is 5.82 Å². The molecule has 0 aromatic heterocycles. The molecule has 6 aromatic carbocycles. The second kappa shape index (κ2) is 30.8. The topological polar surface area (TPSA) is 86.2 Å². The molecule has 0 radical (unpaired) electrons. The van der Waals surface area contributed by atoms with Crippen molar-refractivity contribution < 1.29 is 18.4 Å². The molecule has 0 saturated carbocycles. The van der Waals surface area contributed by atoms with Gasteiger partial charge in [0.1, 0.15) is 12.5 Å². The van der Waals surface area contributed by atoms with Crippen molar-refractivity contribution in [2.75, 3.05) is 37.8 Å². The van der Waals surface area contributed by atoms with Crippen LogP contribution in [0.4, 0.5) is 20.2 Å². The molecule has 6 aromatic rings. The van der Waals surface area contributed by atoms with Crippen LogP contribution in [0.2, 0.25) is 0 Å². The highest BCUT2D eigenvalue weighted by Crippen LogP contribution is 2.40. The highest BCUT2D eigenvalue weighted by Gasteiger charge is 2.22. The number of aliphatic imine (C=N–C) groups is 2. The third-order valence-corrected chi connectivity index (χ3v) is 14.4. The van der Waals surface area contributed by atoms with Gasteiger partial charge in [0.2, 0.25) is 0 Å². The minimum absolute atomic E-state index is 0.152. The Kier molecular flexibility index (Phi) is 24.1. The number of rotatable bonds is 19. The van der Waals surface area contributed by atoms with Crippen molar-refractivity contribution in [3.63, 3.8) is 0 Å². The number of allylic oxidation sites excluding steroid dienone is 5. The maximum absolute atomic E-state index is 14.8. The number of fused-ring (bicyclic) bond motifs is 1. The van der Waals surface area contributed by atoms with Gasteiger partial charge in [-0.3, -0.25) is 14.6 Å². The number of anilines is 1. The lowest BCUT2D eigenvalue weighted by molar-refractivity contribution is -0.117. The van der Waals surface area contributed by atoms with E-state index in [1.165, 1.54) is 17.8 Å². The predicted octanol–water partition coefficient (Wildman–Crippen LogP) is 15.5. The number of nitrogens with zero attached hydrogens (tertiary/aromatic N) is 3. The fourth-order valence-corrected chi connectivity index (χ4v) is 9.97. The monoisotopic (exact) mass is 1090 g/mol. The second-order valence-corrected chi connectivity index (χ2v) is 19.3. The Morgan fingerprint density at radius 3 is 2.19 bits per heavy atom. The molecule has 0 aliphatic carbocycles. The standard InChI is InChI=1S/C31H30FN3OS.C29H28BrFN2OS.C2H4/c1-4-23(31(36)33-19-20-35(5-2)24-13-7-6-8-14-24)21-28-22(3)37-29-18-12-10-16-26(29)30(34-28)25-15-9-11-17-27(25)32;1-3-4-9-21(20-31)18-23-11-6-8-13-27(23)35-28-15-14-24(19-26(28)32-2)29(34)33-17-16-22-10-5-7-12-25(22)30;1-2/h4,6-18,21H,3,5,19-20H2,1-2H3,(H,33,36);3-15,19H,2,16-18,20H2,1H3,(H,33,34);1-2H2/b23-4+,28-21+;4-3-,21-9-;. The zero-order valence-electron chi connectivity index (χ0n) is 42.1. The molecule has 0 bridgehead atoms. The predicted molar refractivity (Wildman–Crippen MR) is 313 cm³/mol. The average molecular weight is 1090 g/mol. The molecule has 2 N–H and O–H groups in total. The van der Waals surface area contributed by atoms with Crippen molar-refractivity contribution in [1.82, 2.24) is 10.6 Å². The average Bonchev–Trinajstić information content (AvgIpc) is 3.57. The van der Waals surface area contributed by atoms with E-state index in [2.05, 4.69) is 82.0 Å². The van der Waals surface area contributed by atoms with Gasteiger partial charge in [0.05, 0.1) is 17.1 Å². The van der Waals surface area contributed by atoms with Crippen LogP contribution >= 0.6 is 39.5 Å². The molecule has 0 spiro atoms. The number of para-hydroxylation sites is 1. The van der Waals surface area contributed by atoms with E-state index < -0.39 is 6.67 Å². The first-order valence-electron chi connectivity index (χ1n) is 24.1. The first-order valence-corrected chi connectivity index (χ1v) is 26.5. The third-order valence-electron chi connectivity index (χ3n) is 11.4. The number of amides is 2. The van der Waals surface area contributed by atoms with Crippen LogP contribution in [0.1, 0.15) is 53.4 Å². The van der Waals surface area contributed by atoms with Crippen LogP contribution in [-0.2, 0) is 17.6 Å². The molecule has 0 unspecified atom stereocenters. The lowest BCUT2D eigenvalue weighted by Crippen LogP contribution is -2.35. The SMILES string of the molecule is C=C.C=C1Sc2ccccc2C(c2ccccc2F)=N/C1=C/C(=C\C)C(=O)NCCN(CC)c1ccccc1.C=Nc1cc(C(=O)NCCc2ccccc2Br)ccc1Sc1ccccc1C/C(=C/C=C\C)CF. The van der Waals surface area contributed by atoms with Crippen molar-refractivity contribution in [2.45, 2.75) is 48.3 Å². The van der Waals surface area contributed by atoms with Gasteiger partial charge in [-0.25, -0.2) is 13.8 Å². The van der Waals surface area contributed by atoms with Crippen molar-refractivity contribution in [3.05, 3.63) is 256 Å². The quantitative estimate of drug-likeness (QED) is 0.0365. The summed E-state index contributed by atoms with van der Waals surface area (Å²) < 4.78 is 29.4. The minimum atomic E-state index is -0.492. The van der Waals surface area contributed by atoms with Crippen LogP contribution < -0.4 is 15.5 Å². The third kappa shape index (κ3) is 16.7. The van der Waals surface area contributed by atoms with Crippen molar-refractivity contribution >= 4 is 75.1 Å². The number of halogens is 3. The number of hydrogen-bond acceptors (Lipinski definition) is 7. The van der Waals surface area contributed by atoms with Gasteiger partial charge in [-0.1, -0.05) is 155 Å². The Hall–Kier alpha value is -7.12. The second-order valence-electron chi connectivity index (χ2n) is 16.2. The number of benzene rings is 6. The number of alkyl halides is 1. The van der Waals surface area contributed by atoms with E-state index in [4.69, 9.17) is 4.99 Å². The normalized spacial score (nSPS) is 12.8. The van der Waals surface area contributed by atoms with Crippen LogP contribution in [0.25, 0.3) is 0 Å². The van der Waals surface area contributed by atoms with Crippen molar-refractivity contribution in [3.8, 4) is 0 Å². The first kappa shape index (κ1) is 57.8. The summed E-state index contributed by atoms with van der Waals surface area (Å²) in [5, 5.41) is 5.99. The Balaban J connectivity index is 0.000000266. The lowest BCUT2D eigenvalue weighted by Gasteiger charge is -2.23. The highest BCUT2D eigenvalue weighted by molar-refractivity contribution is 9.10. The maximum atomic E-state index is 14.8. The van der Waals surface area contributed by atoms with E-state index in [1.54, 1.807) is 54.2 Å². The molecular weight excluding hydrogens is 1030 g/mol. The van der Waals surface area contributed by atoms with Gasteiger partial charge in [-0.05, 0) is 124 Å². The van der Waals surface area contributed by atoms with Gasteiger partial charge < -0.3 is 15.5 Å². The molecule has 2 amide bonds. The maximum Gasteiger partial charge on any atom is 0.251 e. The summed E-state index contributed by atoms with van der Waals surface area (Å²) in [6.45, 7) is 21.8. The van der Waals surface area contributed by atoms with E-state index >= 15 is 0 Å². The fraction of sp³-hybridized carbons (Fsp3) is 0.161. The van der Waals surface area contributed by atoms with Crippen molar-refractivity contribution in [2.24, 2.45) is 9.98 Å². The molecule has 1 aliphatic heterocycles. The number of carbonyl (C=O) groups is 2. The van der Waals surface area contributed by atoms with E-state index in [1.807, 2.05) is 129 Å².